The molecular weight excluding hydrogens is 413 g/mol. The van der Waals surface area contributed by atoms with Gasteiger partial charge < -0.3 is 14.2 Å². The maximum absolute atomic E-state index is 13.4. The average Bonchev–Trinajstić information content (AvgIpc) is 3.19. The summed E-state index contributed by atoms with van der Waals surface area (Å²) in [6.07, 6.45) is 0. The summed E-state index contributed by atoms with van der Waals surface area (Å²) in [6, 6.07) is 14.4. The minimum Gasteiger partial charge on any atom is -0.465 e. The summed E-state index contributed by atoms with van der Waals surface area (Å²) in [7, 11) is 3.01. The number of methoxy groups -OCH3 is 1. The minimum absolute atomic E-state index is 0.239. The van der Waals surface area contributed by atoms with E-state index in [4.69, 9.17) is 9.26 Å². The minimum atomic E-state index is -0.420. The van der Waals surface area contributed by atoms with Crippen molar-refractivity contribution in [3.63, 3.8) is 0 Å². The Morgan fingerprint density at radius 1 is 1.09 bits per heavy atom. The second-order valence-corrected chi connectivity index (χ2v) is 7.36. The molecule has 0 saturated heterocycles. The second-order valence-electron chi connectivity index (χ2n) is 7.36. The molecule has 0 aliphatic rings. The topological polar surface area (TPSA) is 85.5 Å². The van der Waals surface area contributed by atoms with Gasteiger partial charge in [0.1, 0.15) is 5.82 Å². The SMILES string of the molecule is COC(=O)c1ccc(CN(C)C(=O)c2cc(-c3ccc(F)cc3)nc3onc(C)c23)cc1. The van der Waals surface area contributed by atoms with Crippen LogP contribution >= 0.6 is 0 Å². The third-order valence-electron chi connectivity index (χ3n) is 5.13. The highest BCUT2D eigenvalue weighted by Crippen LogP contribution is 2.28. The number of aryl methyl sites for hydroxylation is 1. The number of hydrogen-bond acceptors (Lipinski definition) is 6. The van der Waals surface area contributed by atoms with Gasteiger partial charge in [0, 0.05) is 19.2 Å². The molecule has 162 valence electrons. The van der Waals surface area contributed by atoms with E-state index in [0.29, 0.717) is 40.0 Å². The van der Waals surface area contributed by atoms with Crippen molar-refractivity contribution in [1.29, 1.82) is 0 Å². The first-order valence-electron chi connectivity index (χ1n) is 9.83. The van der Waals surface area contributed by atoms with E-state index in [-0.39, 0.29) is 17.4 Å². The molecule has 2 aromatic carbocycles. The summed E-state index contributed by atoms with van der Waals surface area (Å²) in [5.74, 6) is -1.03. The van der Waals surface area contributed by atoms with Crippen LogP contribution in [0.15, 0.2) is 59.1 Å². The van der Waals surface area contributed by atoms with Crippen LogP contribution in [0.2, 0.25) is 0 Å². The second kappa shape index (κ2) is 8.58. The fourth-order valence-corrected chi connectivity index (χ4v) is 3.45. The van der Waals surface area contributed by atoms with Crippen molar-refractivity contribution in [2.24, 2.45) is 0 Å². The quantitative estimate of drug-likeness (QED) is 0.434. The Kier molecular flexibility index (Phi) is 5.68. The number of carbonyl (C=O) groups is 2. The lowest BCUT2D eigenvalue weighted by molar-refractivity contribution is 0.0600. The van der Waals surface area contributed by atoms with Crippen molar-refractivity contribution in [2.45, 2.75) is 13.5 Å². The van der Waals surface area contributed by atoms with Crippen molar-refractivity contribution in [3.05, 3.63) is 82.8 Å². The number of carbonyl (C=O) groups excluding carboxylic acids is 2. The molecule has 0 atom stereocenters. The number of hydrogen-bond donors (Lipinski definition) is 0. The third kappa shape index (κ3) is 4.07. The number of pyridine rings is 1. The Morgan fingerprint density at radius 2 is 1.78 bits per heavy atom. The van der Waals surface area contributed by atoms with Crippen LogP contribution in [0.25, 0.3) is 22.4 Å². The lowest BCUT2D eigenvalue weighted by Gasteiger charge is -2.18. The summed E-state index contributed by atoms with van der Waals surface area (Å²) < 4.78 is 23.4. The van der Waals surface area contributed by atoms with E-state index >= 15 is 0 Å². The van der Waals surface area contributed by atoms with Crippen molar-refractivity contribution in [2.75, 3.05) is 14.2 Å². The summed E-state index contributed by atoms with van der Waals surface area (Å²) in [5.41, 5.74) is 3.59. The van der Waals surface area contributed by atoms with Crippen LogP contribution in [0.5, 0.6) is 0 Å². The first-order chi connectivity index (χ1) is 15.4. The molecule has 0 radical (unpaired) electrons. The van der Waals surface area contributed by atoms with Gasteiger partial charge in [-0.3, -0.25) is 4.79 Å². The van der Waals surface area contributed by atoms with E-state index in [1.54, 1.807) is 61.3 Å². The number of halogens is 1. The van der Waals surface area contributed by atoms with Gasteiger partial charge in [-0.05, 0) is 55.0 Å². The van der Waals surface area contributed by atoms with E-state index in [1.807, 2.05) is 0 Å². The largest absolute Gasteiger partial charge is 0.465 e. The number of nitrogens with zero attached hydrogens (tertiary/aromatic N) is 3. The van der Waals surface area contributed by atoms with Crippen molar-refractivity contribution < 1.29 is 23.2 Å². The van der Waals surface area contributed by atoms with E-state index in [0.717, 1.165) is 5.56 Å². The fourth-order valence-electron chi connectivity index (χ4n) is 3.45. The molecule has 1 amide bonds. The Morgan fingerprint density at radius 3 is 2.44 bits per heavy atom. The lowest BCUT2D eigenvalue weighted by Crippen LogP contribution is -2.26. The zero-order chi connectivity index (χ0) is 22.8. The van der Waals surface area contributed by atoms with Crippen LogP contribution in [0, 0.1) is 12.7 Å². The van der Waals surface area contributed by atoms with Crippen LogP contribution in [0.1, 0.15) is 32.0 Å². The number of rotatable bonds is 5. The molecule has 0 fully saturated rings. The highest BCUT2D eigenvalue weighted by atomic mass is 19.1. The van der Waals surface area contributed by atoms with Crippen molar-refractivity contribution in [3.8, 4) is 11.3 Å². The van der Waals surface area contributed by atoms with Crippen LogP contribution in [-0.2, 0) is 11.3 Å². The zero-order valence-corrected chi connectivity index (χ0v) is 17.8. The number of ether oxygens (including phenoxy) is 1. The Hall–Kier alpha value is -4.07. The highest BCUT2D eigenvalue weighted by molar-refractivity contribution is 6.06. The summed E-state index contributed by atoms with van der Waals surface area (Å²) in [5, 5.41) is 4.49. The Labute approximate surface area is 183 Å². The molecule has 0 N–H and O–H groups in total. The van der Waals surface area contributed by atoms with Crippen LogP contribution < -0.4 is 0 Å². The predicted molar refractivity (Wildman–Crippen MR) is 116 cm³/mol. The molecule has 7 nitrogen and oxygen atoms in total. The van der Waals surface area contributed by atoms with Crippen molar-refractivity contribution in [1.82, 2.24) is 15.0 Å². The molecule has 0 bridgehead atoms. The monoisotopic (exact) mass is 433 g/mol. The number of aromatic nitrogens is 2. The molecule has 0 unspecified atom stereocenters. The molecule has 0 saturated carbocycles. The first kappa shape index (κ1) is 21.2. The van der Waals surface area contributed by atoms with E-state index in [9.17, 15) is 14.0 Å². The van der Waals surface area contributed by atoms with E-state index in [2.05, 4.69) is 10.1 Å². The molecule has 4 aromatic rings. The number of esters is 1. The van der Waals surface area contributed by atoms with Gasteiger partial charge in [-0.25, -0.2) is 14.2 Å². The van der Waals surface area contributed by atoms with Gasteiger partial charge in [0.05, 0.1) is 35.0 Å². The van der Waals surface area contributed by atoms with E-state index < -0.39 is 5.97 Å². The summed E-state index contributed by atoms with van der Waals surface area (Å²) in [4.78, 5) is 31.0. The maximum atomic E-state index is 13.4. The molecular formula is C24H20FN3O4. The number of fused-ring (bicyclic) bond motifs is 1. The lowest BCUT2D eigenvalue weighted by atomic mass is 10.0. The maximum Gasteiger partial charge on any atom is 0.337 e. The first-order valence-corrected chi connectivity index (χ1v) is 9.83. The Bertz CT molecular complexity index is 1300. The predicted octanol–water partition coefficient (Wildman–Crippen LogP) is 4.40. The molecule has 0 spiro atoms. The standard InChI is InChI=1S/C24H20FN3O4/c1-14-21-19(12-20(26-22(21)32-27-14)16-8-10-18(25)11-9-16)23(29)28(2)13-15-4-6-17(7-5-15)24(30)31-3/h4-12H,13H2,1-3H3. The van der Waals surface area contributed by atoms with Gasteiger partial charge in [0.15, 0.2) is 0 Å². The zero-order valence-electron chi connectivity index (χ0n) is 17.8. The van der Waals surface area contributed by atoms with Crippen molar-refractivity contribution >= 4 is 23.0 Å². The molecule has 0 aliphatic heterocycles. The van der Waals surface area contributed by atoms with Crippen LogP contribution in [-0.4, -0.2) is 41.1 Å². The molecule has 4 rings (SSSR count). The molecule has 2 heterocycles. The highest BCUT2D eigenvalue weighted by Gasteiger charge is 2.22. The average molecular weight is 433 g/mol. The van der Waals surface area contributed by atoms with E-state index in [1.165, 1.54) is 19.2 Å². The van der Waals surface area contributed by atoms with Gasteiger partial charge >= 0.3 is 5.97 Å². The number of benzene rings is 2. The summed E-state index contributed by atoms with van der Waals surface area (Å²) in [6.45, 7) is 2.06. The van der Waals surface area contributed by atoms with Crippen LogP contribution in [0.4, 0.5) is 4.39 Å². The molecule has 2 aromatic heterocycles. The van der Waals surface area contributed by atoms with Gasteiger partial charge in [-0.2, -0.15) is 0 Å². The van der Waals surface area contributed by atoms with Gasteiger partial charge in [-0.15, -0.1) is 0 Å². The fraction of sp³-hybridized carbons (Fsp3) is 0.167. The van der Waals surface area contributed by atoms with Gasteiger partial charge in [-0.1, -0.05) is 17.3 Å². The summed E-state index contributed by atoms with van der Waals surface area (Å²) >= 11 is 0. The van der Waals surface area contributed by atoms with Gasteiger partial charge in [0.25, 0.3) is 11.6 Å². The normalized spacial score (nSPS) is 10.9. The Balaban J connectivity index is 1.66. The third-order valence-corrected chi connectivity index (χ3v) is 5.13. The van der Waals surface area contributed by atoms with Crippen LogP contribution in [0.3, 0.4) is 0 Å². The van der Waals surface area contributed by atoms with Gasteiger partial charge in [0.2, 0.25) is 0 Å². The molecule has 0 aliphatic carbocycles. The smallest absolute Gasteiger partial charge is 0.337 e. The molecule has 32 heavy (non-hydrogen) atoms. The number of amides is 1. The molecule has 8 heteroatoms.